The van der Waals surface area contributed by atoms with Crippen LogP contribution in [0.15, 0.2) is 0 Å². The molecule has 1 amide bonds. The van der Waals surface area contributed by atoms with E-state index in [2.05, 4.69) is 88.4 Å². The quantitative estimate of drug-likeness (QED) is 0.412. The summed E-state index contributed by atoms with van der Waals surface area (Å²) in [5.41, 5.74) is 0.00592. The van der Waals surface area contributed by atoms with E-state index < -0.39 is 0 Å². The number of hydrogen-bond donors (Lipinski definition) is 1. The molecule has 3 nitrogen and oxygen atoms in total. The molecule has 0 aromatic heterocycles. The lowest BCUT2D eigenvalue weighted by molar-refractivity contribution is -0.125. The molecule has 27 heavy (non-hydrogen) atoms. The van der Waals surface area contributed by atoms with Gasteiger partial charge in [-0.3, -0.25) is 4.79 Å². The molecule has 0 spiro atoms. The highest BCUT2D eigenvalue weighted by atomic mass is 16.5. The third-order valence-corrected chi connectivity index (χ3v) is 6.69. The minimum Gasteiger partial charge on any atom is -0.376 e. The third-order valence-electron chi connectivity index (χ3n) is 6.69. The molecule has 0 aliphatic heterocycles. The van der Waals surface area contributed by atoms with Gasteiger partial charge in [0.2, 0.25) is 5.91 Å². The number of amides is 1. The van der Waals surface area contributed by atoms with Gasteiger partial charge in [0.15, 0.2) is 0 Å². The van der Waals surface area contributed by atoms with Crippen molar-refractivity contribution in [2.45, 2.75) is 120 Å². The van der Waals surface area contributed by atoms with Crippen LogP contribution in [0.2, 0.25) is 0 Å². The maximum atomic E-state index is 12.5. The maximum absolute atomic E-state index is 12.5. The van der Waals surface area contributed by atoms with Crippen molar-refractivity contribution in [1.82, 2.24) is 5.32 Å². The van der Waals surface area contributed by atoms with Crippen LogP contribution in [0.25, 0.3) is 0 Å². The van der Waals surface area contributed by atoms with E-state index in [0.717, 1.165) is 25.9 Å². The van der Waals surface area contributed by atoms with Crippen molar-refractivity contribution in [3.63, 3.8) is 0 Å². The van der Waals surface area contributed by atoms with Crippen LogP contribution in [0, 0.1) is 22.7 Å². The summed E-state index contributed by atoms with van der Waals surface area (Å²) in [5, 5.41) is 3.24. The van der Waals surface area contributed by atoms with Crippen LogP contribution in [0.5, 0.6) is 0 Å². The zero-order valence-electron chi connectivity index (χ0n) is 20.5. The first-order chi connectivity index (χ1) is 11.9. The molecule has 162 valence electrons. The van der Waals surface area contributed by atoms with Crippen molar-refractivity contribution in [3.05, 3.63) is 0 Å². The SMILES string of the molecule is CC(C)C(C)(C)CCOC(C)(C)CCC(=O)NC(C)(C)CC(C)(C)C(C)C. The largest absolute Gasteiger partial charge is 0.376 e. The average molecular weight is 384 g/mol. The number of carbonyl (C=O) groups is 1. The lowest BCUT2D eigenvalue weighted by Crippen LogP contribution is -2.47. The normalized spacial score (nSPS) is 14.1. The molecule has 0 aromatic rings. The summed E-state index contributed by atoms with van der Waals surface area (Å²) >= 11 is 0. The molecule has 0 radical (unpaired) electrons. The highest BCUT2D eigenvalue weighted by Crippen LogP contribution is 2.35. The van der Waals surface area contributed by atoms with Crippen LogP contribution in [0.3, 0.4) is 0 Å². The first-order valence-electron chi connectivity index (χ1n) is 10.9. The third kappa shape index (κ3) is 10.5. The molecule has 3 heteroatoms. The Kier molecular flexibility index (Phi) is 9.56. The van der Waals surface area contributed by atoms with Gasteiger partial charge in [0.05, 0.1) is 5.60 Å². The van der Waals surface area contributed by atoms with Gasteiger partial charge in [0.1, 0.15) is 0 Å². The number of carbonyl (C=O) groups excluding carboxylic acids is 1. The highest BCUT2D eigenvalue weighted by Gasteiger charge is 2.32. The lowest BCUT2D eigenvalue weighted by Gasteiger charge is -2.38. The van der Waals surface area contributed by atoms with E-state index in [9.17, 15) is 4.79 Å². The van der Waals surface area contributed by atoms with E-state index in [1.54, 1.807) is 0 Å². The molecule has 0 heterocycles. The van der Waals surface area contributed by atoms with Crippen LogP contribution in [-0.2, 0) is 9.53 Å². The second kappa shape index (κ2) is 9.76. The molecule has 0 saturated heterocycles. The smallest absolute Gasteiger partial charge is 0.220 e. The standard InChI is InChI=1S/C24H49NO2/c1-18(2)21(5,6)15-16-27-24(11,12)14-13-20(26)25-23(9,10)17-22(7,8)19(3)4/h18-19H,13-17H2,1-12H3,(H,25,26). The summed E-state index contributed by atoms with van der Waals surface area (Å²) in [7, 11) is 0. The van der Waals surface area contributed by atoms with Crippen molar-refractivity contribution in [2.75, 3.05) is 6.61 Å². The summed E-state index contributed by atoms with van der Waals surface area (Å²) in [6.45, 7) is 27.4. The Morgan fingerprint density at radius 2 is 1.30 bits per heavy atom. The van der Waals surface area contributed by atoms with E-state index in [-0.39, 0.29) is 27.9 Å². The fourth-order valence-electron chi connectivity index (χ4n) is 3.19. The predicted octanol–water partition coefficient (Wildman–Crippen LogP) is 6.60. The molecular formula is C24H49NO2. The van der Waals surface area contributed by atoms with Gasteiger partial charge in [-0.1, -0.05) is 55.4 Å². The Morgan fingerprint density at radius 1 is 0.815 bits per heavy atom. The molecule has 0 bridgehead atoms. The van der Waals surface area contributed by atoms with Crippen LogP contribution < -0.4 is 5.32 Å². The molecule has 0 saturated carbocycles. The summed E-state index contributed by atoms with van der Waals surface area (Å²) in [4.78, 5) is 12.5. The van der Waals surface area contributed by atoms with Gasteiger partial charge in [-0.2, -0.15) is 0 Å². The van der Waals surface area contributed by atoms with Crippen LogP contribution in [-0.4, -0.2) is 23.7 Å². The number of nitrogens with one attached hydrogen (secondary N) is 1. The second-order valence-electron chi connectivity index (χ2n) is 11.8. The van der Waals surface area contributed by atoms with E-state index >= 15 is 0 Å². The van der Waals surface area contributed by atoms with Crippen LogP contribution in [0.4, 0.5) is 0 Å². The molecular weight excluding hydrogens is 334 g/mol. The van der Waals surface area contributed by atoms with Gasteiger partial charge in [-0.25, -0.2) is 0 Å². The fraction of sp³-hybridized carbons (Fsp3) is 0.958. The first-order valence-corrected chi connectivity index (χ1v) is 10.9. The minimum absolute atomic E-state index is 0.124. The van der Waals surface area contributed by atoms with E-state index in [0.29, 0.717) is 18.3 Å². The lowest BCUT2D eigenvalue weighted by atomic mass is 9.72. The fourth-order valence-corrected chi connectivity index (χ4v) is 3.19. The molecule has 0 rings (SSSR count). The number of rotatable bonds is 12. The molecule has 0 atom stereocenters. The first kappa shape index (κ1) is 26.4. The number of ether oxygens (including phenoxy) is 1. The topological polar surface area (TPSA) is 38.3 Å². The van der Waals surface area contributed by atoms with Crippen LogP contribution in [0.1, 0.15) is 109 Å². The summed E-state index contributed by atoms with van der Waals surface area (Å²) in [5.74, 6) is 1.34. The summed E-state index contributed by atoms with van der Waals surface area (Å²) < 4.78 is 6.13. The molecule has 0 fully saturated rings. The highest BCUT2D eigenvalue weighted by molar-refractivity contribution is 5.76. The zero-order chi connectivity index (χ0) is 21.7. The Bertz CT molecular complexity index is 459. The van der Waals surface area contributed by atoms with Crippen molar-refractivity contribution >= 4 is 5.91 Å². The van der Waals surface area contributed by atoms with Crippen molar-refractivity contribution in [2.24, 2.45) is 22.7 Å². The summed E-state index contributed by atoms with van der Waals surface area (Å²) in [6.07, 6.45) is 3.25. The van der Waals surface area contributed by atoms with E-state index in [1.165, 1.54) is 0 Å². The van der Waals surface area contributed by atoms with Crippen molar-refractivity contribution in [1.29, 1.82) is 0 Å². The van der Waals surface area contributed by atoms with Gasteiger partial charge in [0, 0.05) is 18.6 Å². The van der Waals surface area contributed by atoms with Gasteiger partial charge < -0.3 is 10.1 Å². The van der Waals surface area contributed by atoms with Gasteiger partial charge >= 0.3 is 0 Å². The molecule has 1 N–H and O–H groups in total. The zero-order valence-corrected chi connectivity index (χ0v) is 20.5. The average Bonchev–Trinajstić information content (AvgIpc) is 2.42. The van der Waals surface area contributed by atoms with E-state index in [1.807, 2.05) is 0 Å². The predicted molar refractivity (Wildman–Crippen MR) is 118 cm³/mol. The molecule has 0 aromatic carbocycles. The monoisotopic (exact) mass is 383 g/mol. The van der Waals surface area contributed by atoms with Gasteiger partial charge in [-0.05, 0) is 69.6 Å². The number of hydrogen-bond acceptors (Lipinski definition) is 2. The minimum atomic E-state index is -0.272. The van der Waals surface area contributed by atoms with Gasteiger partial charge in [-0.15, -0.1) is 0 Å². The Hall–Kier alpha value is -0.570. The molecule has 0 unspecified atom stereocenters. The van der Waals surface area contributed by atoms with Gasteiger partial charge in [0.25, 0.3) is 0 Å². The van der Waals surface area contributed by atoms with Crippen LogP contribution >= 0.6 is 0 Å². The van der Waals surface area contributed by atoms with E-state index in [4.69, 9.17) is 4.74 Å². The Morgan fingerprint density at radius 3 is 1.74 bits per heavy atom. The Balaban J connectivity index is 4.46. The second-order valence-corrected chi connectivity index (χ2v) is 11.8. The molecule has 0 aliphatic rings. The molecule has 0 aliphatic carbocycles. The summed E-state index contributed by atoms with van der Waals surface area (Å²) in [6, 6.07) is 0. The Labute approximate surface area is 170 Å². The van der Waals surface area contributed by atoms with Crippen molar-refractivity contribution in [3.8, 4) is 0 Å². The maximum Gasteiger partial charge on any atom is 0.220 e. The van der Waals surface area contributed by atoms with Crippen molar-refractivity contribution < 1.29 is 9.53 Å².